The number of carbonyl (C=O) groups excluding carboxylic acids is 3. The van der Waals surface area contributed by atoms with E-state index in [1.807, 2.05) is 6.92 Å². The molecule has 1 unspecified atom stereocenters. The Balaban J connectivity index is -0.000000845. The minimum atomic E-state index is -0.842. The lowest BCUT2D eigenvalue weighted by Crippen LogP contribution is -2.38. The number of esters is 3. The molecule has 1 heterocycles. The van der Waals surface area contributed by atoms with Crippen molar-refractivity contribution in [2.24, 2.45) is 10.8 Å². The predicted octanol–water partition coefficient (Wildman–Crippen LogP) is 5.33. The summed E-state index contributed by atoms with van der Waals surface area (Å²) in [6, 6.07) is 3.22. The van der Waals surface area contributed by atoms with Gasteiger partial charge in [-0.05, 0) is 45.7 Å². The summed E-state index contributed by atoms with van der Waals surface area (Å²) in [6.45, 7) is 6.96. The summed E-state index contributed by atoms with van der Waals surface area (Å²) >= 11 is 0. The third-order valence-corrected chi connectivity index (χ3v) is 4.29. The third-order valence-electron chi connectivity index (χ3n) is 4.29. The maximum atomic E-state index is 12.5. The van der Waals surface area contributed by atoms with Crippen LogP contribution < -0.4 is 0 Å². The van der Waals surface area contributed by atoms with E-state index in [0.29, 0.717) is 12.0 Å². The number of carbonyl (C=O) groups is 3. The lowest BCUT2D eigenvalue weighted by molar-refractivity contribution is -0.162. The van der Waals surface area contributed by atoms with Crippen molar-refractivity contribution < 1.29 is 28.6 Å². The quantitative estimate of drug-likeness (QED) is 0.297. The SMILES string of the molecule is C.C.C.C.CCC(C)(CC(C)(C)C(=O)OC)C(=O)OCCOC(=O)c1cccnc1. The van der Waals surface area contributed by atoms with Gasteiger partial charge in [-0.1, -0.05) is 36.6 Å². The molecular formula is C23H43NO6. The average molecular weight is 430 g/mol. The molecule has 0 spiro atoms. The molecule has 0 radical (unpaired) electrons. The van der Waals surface area contributed by atoms with Crippen LogP contribution in [0.15, 0.2) is 24.5 Å². The van der Waals surface area contributed by atoms with E-state index in [9.17, 15) is 14.4 Å². The van der Waals surface area contributed by atoms with Gasteiger partial charge in [-0.2, -0.15) is 0 Å². The standard InChI is InChI=1S/C19H27NO6.4CH4/c1-6-19(4,13-18(2,3)16(22)24-5)17(23)26-11-10-25-15(21)14-8-7-9-20-12-14;;;;/h7-9,12H,6,10-11,13H2,1-5H3;4*1H4. The molecule has 0 fully saturated rings. The molecule has 0 saturated heterocycles. The van der Waals surface area contributed by atoms with Gasteiger partial charge in [0, 0.05) is 12.4 Å². The van der Waals surface area contributed by atoms with E-state index in [1.54, 1.807) is 39.1 Å². The highest BCUT2D eigenvalue weighted by Crippen LogP contribution is 2.38. The smallest absolute Gasteiger partial charge is 0.339 e. The topological polar surface area (TPSA) is 91.8 Å². The van der Waals surface area contributed by atoms with Crippen LogP contribution in [0.2, 0.25) is 0 Å². The molecule has 1 rings (SSSR count). The number of pyridine rings is 1. The molecule has 1 aromatic heterocycles. The Kier molecular flexibility index (Phi) is 18.0. The van der Waals surface area contributed by atoms with Crippen molar-refractivity contribution in [3.05, 3.63) is 30.1 Å². The maximum absolute atomic E-state index is 12.5. The summed E-state index contributed by atoms with van der Waals surface area (Å²) in [5, 5.41) is 0. The Labute approximate surface area is 183 Å². The molecule has 1 atom stereocenters. The van der Waals surface area contributed by atoms with Crippen molar-refractivity contribution in [3.8, 4) is 0 Å². The minimum absolute atomic E-state index is 0. The van der Waals surface area contributed by atoms with Gasteiger partial charge in [0.25, 0.3) is 0 Å². The van der Waals surface area contributed by atoms with Crippen LogP contribution in [0.25, 0.3) is 0 Å². The Morgan fingerprint density at radius 2 is 1.53 bits per heavy atom. The van der Waals surface area contributed by atoms with E-state index in [4.69, 9.17) is 14.2 Å². The maximum Gasteiger partial charge on any atom is 0.339 e. The van der Waals surface area contributed by atoms with Crippen molar-refractivity contribution in [1.82, 2.24) is 4.98 Å². The van der Waals surface area contributed by atoms with Crippen molar-refractivity contribution in [2.45, 2.75) is 70.2 Å². The summed E-state index contributed by atoms with van der Waals surface area (Å²) in [4.78, 5) is 40.0. The van der Waals surface area contributed by atoms with E-state index in [-0.39, 0.29) is 55.3 Å². The first-order chi connectivity index (χ1) is 12.2. The normalized spacial score (nSPS) is 11.6. The Morgan fingerprint density at radius 1 is 0.967 bits per heavy atom. The highest BCUT2D eigenvalue weighted by molar-refractivity contribution is 5.88. The Bertz CT molecular complexity index is 630. The van der Waals surface area contributed by atoms with Gasteiger partial charge in [0.15, 0.2) is 0 Å². The molecule has 1 aromatic rings. The third kappa shape index (κ3) is 9.85. The molecule has 0 bridgehead atoms. The zero-order valence-electron chi connectivity index (χ0n) is 16.0. The number of aromatic nitrogens is 1. The van der Waals surface area contributed by atoms with Gasteiger partial charge in [0.1, 0.15) is 13.2 Å². The van der Waals surface area contributed by atoms with Crippen molar-refractivity contribution >= 4 is 17.9 Å². The zero-order chi connectivity index (χ0) is 19.8. The average Bonchev–Trinajstić information content (AvgIpc) is 2.64. The molecule has 7 heteroatoms. The van der Waals surface area contributed by atoms with Crippen LogP contribution in [-0.4, -0.2) is 43.2 Å². The molecule has 0 aromatic carbocycles. The van der Waals surface area contributed by atoms with Crippen LogP contribution in [0.4, 0.5) is 0 Å². The summed E-state index contributed by atoms with van der Waals surface area (Å²) in [5.74, 6) is -1.34. The predicted molar refractivity (Wildman–Crippen MR) is 121 cm³/mol. The number of hydrogen-bond donors (Lipinski definition) is 0. The highest BCUT2D eigenvalue weighted by Gasteiger charge is 2.42. The second-order valence-corrected chi connectivity index (χ2v) is 6.98. The van der Waals surface area contributed by atoms with Crippen LogP contribution in [-0.2, 0) is 23.8 Å². The minimum Gasteiger partial charge on any atom is -0.469 e. The number of methoxy groups -OCH3 is 1. The van der Waals surface area contributed by atoms with Crippen LogP contribution in [0.5, 0.6) is 0 Å². The lowest BCUT2D eigenvalue weighted by Gasteiger charge is -2.33. The Hall–Kier alpha value is -2.44. The van der Waals surface area contributed by atoms with Gasteiger partial charge in [0.05, 0.1) is 23.5 Å². The summed E-state index contributed by atoms with van der Waals surface area (Å²) in [6.07, 6.45) is 3.75. The fourth-order valence-corrected chi connectivity index (χ4v) is 2.68. The fourth-order valence-electron chi connectivity index (χ4n) is 2.68. The van der Waals surface area contributed by atoms with Crippen molar-refractivity contribution in [2.75, 3.05) is 20.3 Å². The summed E-state index contributed by atoms with van der Waals surface area (Å²) in [5.41, 5.74) is -1.33. The number of rotatable bonds is 9. The summed E-state index contributed by atoms with van der Waals surface area (Å²) < 4.78 is 15.1. The van der Waals surface area contributed by atoms with Gasteiger partial charge in [-0.15, -0.1) is 0 Å². The van der Waals surface area contributed by atoms with E-state index in [1.165, 1.54) is 13.3 Å². The molecule has 0 aliphatic carbocycles. The summed E-state index contributed by atoms with van der Waals surface area (Å²) in [7, 11) is 1.32. The largest absolute Gasteiger partial charge is 0.469 e. The van der Waals surface area contributed by atoms with Gasteiger partial charge in [0.2, 0.25) is 0 Å². The number of nitrogens with zero attached hydrogens (tertiary/aromatic N) is 1. The molecule has 0 aliphatic rings. The lowest BCUT2D eigenvalue weighted by atomic mass is 9.72. The molecule has 176 valence electrons. The fraction of sp³-hybridized carbons (Fsp3) is 0.652. The van der Waals surface area contributed by atoms with E-state index >= 15 is 0 Å². The molecule has 0 saturated carbocycles. The van der Waals surface area contributed by atoms with E-state index in [0.717, 1.165) is 0 Å². The van der Waals surface area contributed by atoms with Gasteiger partial charge in [-0.3, -0.25) is 14.6 Å². The second kappa shape index (κ2) is 15.4. The zero-order valence-corrected chi connectivity index (χ0v) is 16.0. The number of ether oxygens (including phenoxy) is 3. The molecule has 7 nitrogen and oxygen atoms in total. The molecular weight excluding hydrogens is 386 g/mol. The van der Waals surface area contributed by atoms with Gasteiger partial charge >= 0.3 is 17.9 Å². The van der Waals surface area contributed by atoms with Gasteiger partial charge < -0.3 is 14.2 Å². The van der Waals surface area contributed by atoms with Gasteiger partial charge in [-0.25, -0.2) is 4.79 Å². The van der Waals surface area contributed by atoms with Crippen molar-refractivity contribution in [3.63, 3.8) is 0 Å². The van der Waals surface area contributed by atoms with Crippen LogP contribution in [0, 0.1) is 10.8 Å². The molecule has 0 N–H and O–H groups in total. The van der Waals surface area contributed by atoms with E-state index < -0.39 is 22.8 Å². The van der Waals surface area contributed by atoms with Crippen molar-refractivity contribution in [1.29, 1.82) is 0 Å². The molecule has 0 amide bonds. The highest BCUT2D eigenvalue weighted by atomic mass is 16.6. The van der Waals surface area contributed by atoms with Crippen LogP contribution in [0.3, 0.4) is 0 Å². The van der Waals surface area contributed by atoms with Crippen LogP contribution >= 0.6 is 0 Å². The van der Waals surface area contributed by atoms with Crippen LogP contribution in [0.1, 0.15) is 80.6 Å². The first kappa shape index (κ1) is 35.0. The Morgan fingerprint density at radius 3 is 2.00 bits per heavy atom. The first-order valence-corrected chi connectivity index (χ1v) is 8.49. The van der Waals surface area contributed by atoms with E-state index in [2.05, 4.69) is 4.98 Å². The second-order valence-electron chi connectivity index (χ2n) is 6.98. The first-order valence-electron chi connectivity index (χ1n) is 8.49. The number of hydrogen-bond acceptors (Lipinski definition) is 7. The monoisotopic (exact) mass is 429 g/mol. The molecule has 30 heavy (non-hydrogen) atoms. The molecule has 0 aliphatic heterocycles.